The lowest BCUT2D eigenvalue weighted by Crippen LogP contribution is -2.26. The van der Waals surface area contributed by atoms with Gasteiger partial charge in [-0.3, -0.25) is 0 Å². The minimum Gasteiger partial charge on any atom is -0.208 e. The summed E-state index contributed by atoms with van der Waals surface area (Å²) in [7, 11) is 0. The Morgan fingerprint density at radius 1 is 0.290 bits per heavy atom. The number of nitrogens with zero attached hydrogens (tertiary/aromatic N) is 3. The van der Waals surface area contributed by atoms with Gasteiger partial charge in [-0.1, -0.05) is 200 Å². The Morgan fingerprint density at radius 3 is 1.45 bits per heavy atom. The molecular formula is C58H35N3S. The number of thiophene rings is 1. The van der Waals surface area contributed by atoms with Crippen molar-refractivity contribution in [1.29, 1.82) is 0 Å². The van der Waals surface area contributed by atoms with E-state index >= 15 is 0 Å². The minimum absolute atomic E-state index is 0.434. The molecule has 0 N–H and O–H groups in total. The monoisotopic (exact) mass is 805 g/mol. The third kappa shape index (κ3) is 5.08. The molecule has 13 rings (SSSR count). The summed E-state index contributed by atoms with van der Waals surface area (Å²) in [5.74, 6) is 1.92. The molecule has 0 radical (unpaired) electrons. The summed E-state index contributed by atoms with van der Waals surface area (Å²) in [5, 5.41) is 2.57. The average molecular weight is 806 g/mol. The molecule has 62 heavy (non-hydrogen) atoms. The summed E-state index contributed by atoms with van der Waals surface area (Å²) in [6, 6.07) is 76.8. The van der Waals surface area contributed by atoms with E-state index in [2.05, 4.69) is 194 Å². The second kappa shape index (κ2) is 13.6. The van der Waals surface area contributed by atoms with Crippen molar-refractivity contribution < 1.29 is 0 Å². The maximum atomic E-state index is 5.26. The van der Waals surface area contributed by atoms with Crippen LogP contribution in [0.25, 0.3) is 98.8 Å². The first-order chi connectivity index (χ1) is 30.7. The third-order valence-corrected chi connectivity index (χ3v) is 14.1. The van der Waals surface area contributed by atoms with Gasteiger partial charge in [0.2, 0.25) is 0 Å². The smallest absolute Gasteiger partial charge is 0.164 e. The Kier molecular flexibility index (Phi) is 7.69. The largest absolute Gasteiger partial charge is 0.208 e. The molecular weight excluding hydrogens is 771 g/mol. The van der Waals surface area contributed by atoms with Gasteiger partial charge in [-0.2, -0.15) is 0 Å². The lowest BCUT2D eigenvalue weighted by Gasteiger charge is -2.32. The van der Waals surface area contributed by atoms with Gasteiger partial charge in [0.25, 0.3) is 0 Å². The molecule has 4 heteroatoms. The number of aromatic nitrogens is 3. The fourth-order valence-electron chi connectivity index (χ4n) is 10.4. The first kappa shape index (κ1) is 35.0. The SMILES string of the molecule is c1ccc(-c2nc(-c3ccc(-c4cccc5c4C4(c6ccccc6-c6ccccc64)c4ccccc4-5)cc3)nc(-c3ccccc3-c3ccc4c(c3)sc3ccccc34)n2)cc1. The Balaban J connectivity index is 0.956. The predicted molar refractivity (Wildman–Crippen MR) is 256 cm³/mol. The Labute approximate surface area is 363 Å². The highest BCUT2D eigenvalue weighted by molar-refractivity contribution is 7.25. The zero-order chi connectivity index (χ0) is 40.8. The van der Waals surface area contributed by atoms with Crippen LogP contribution in [0.1, 0.15) is 22.3 Å². The highest BCUT2D eigenvalue weighted by Gasteiger charge is 2.52. The number of fused-ring (bicyclic) bond motifs is 13. The molecule has 0 bridgehead atoms. The topological polar surface area (TPSA) is 38.7 Å². The molecule has 0 amide bonds. The Morgan fingerprint density at radius 2 is 0.758 bits per heavy atom. The van der Waals surface area contributed by atoms with Crippen molar-refractivity contribution in [3.05, 3.63) is 235 Å². The van der Waals surface area contributed by atoms with E-state index in [4.69, 9.17) is 15.0 Å². The summed E-state index contributed by atoms with van der Waals surface area (Å²) >= 11 is 1.83. The van der Waals surface area contributed by atoms with Crippen LogP contribution in [0.15, 0.2) is 212 Å². The second-order valence-corrected chi connectivity index (χ2v) is 17.3. The van der Waals surface area contributed by atoms with E-state index in [0.29, 0.717) is 17.5 Å². The van der Waals surface area contributed by atoms with Gasteiger partial charge < -0.3 is 0 Å². The molecule has 0 saturated carbocycles. The first-order valence-corrected chi connectivity index (χ1v) is 21.9. The average Bonchev–Trinajstić information content (AvgIpc) is 3.98. The molecule has 0 unspecified atom stereocenters. The van der Waals surface area contributed by atoms with Gasteiger partial charge in [0.1, 0.15) is 0 Å². The normalized spacial score (nSPS) is 13.0. The van der Waals surface area contributed by atoms with Crippen LogP contribution < -0.4 is 0 Å². The van der Waals surface area contributed by atoms with Crippen molar-refractivity contribution >= 4 is 31.5 Å². The zero-order valence-electron chi connectivity index (χ0n) is 33.5. The molecule has 11 aromatic rings. The molecule has 288 valence electrons. The molecule has 2 aliphatic rings. The van der Waals surface area contributed by atoms with Gasteiger partial charge in [-0.15, -0.1) is 11.3 Å². The Hall–Kier alpha value is -7.79. The molecule has 0 saturated heterocycles. The molecule has 2 heterocycles. The summed E-state index contributed by atoms with van der Waals surface area (Å²) in [6.45, 7) is 0. The highest BCUT2D eigenvalue weighted by atomic mass is 32.1. The quantitative estimate of drug-likeness (QED) is 0.174. The van der Waals surface area contributed by atoms with Crippen molar-refractivity contribution in [2.45, 2.75) is 5.41 Å². The van der Waals surface area contributed by atoms with Gasteiger partial charge in [0.15, 0.2) is 17.5 Å². The maximum absolute atomic E-state index is 5.26. The lowest BCUT2D eigenvalue weighted by atomic mass is 9.68. The van der Waals surface area contributed by atoms with E-state index in [0.717, 1.165) is 33.4 Å². The summed E-state index contributed by atoms with van der Waals surface area (Å²) in [4.78, 5) is 15.6. The Bertz CT molecular complexity index is 3520. The van der Waals surface area contributed by atoms with E-state index in [1.165, 1.54) is 70.2 Å². The summed E-state index contributed by atoms with van der Waals surface area (Å²) in [6.07, 6.45) is 0. The van der Waals surface area contributed by atoms with Crippen LogP contribution in [0.2, 0.25) is 0 Å². The molecule has 1 spiro atoms. The van der Waals surface area contributed by atoms with Gasteiger partial charge in [-0.25, -0.2) is 15.0 Å². The molecule has 0 atom stereocenters. The highest BCUT2D eigenvalue weighted by Crippen LogP contribution is 2.64. The summed E-state index contributed by atoms with van der Waals surface area (Å²) < 4.78 is 2.56. The number of hydrogen-bond acceptors (Lipinski definition) is 4. The van der Waals surface area contributed by atoms with E-state index in [-0.39, 0.29) is 0 Å². The van der Waals surface area contributed by atoms with Crippen LogP contribution in [0.5, 0.6) is 0 Å². The standard InChI is InChI=1S/C58H35N3S/c1-2-15-37(16-3-1)55-59-56(61-57(60-55)48-22-5-4-17-40(48)39-33-34-46-45-21-9-13-28-52(45)62-53(46)35-39)38-31-29-36(30-32-38)41-23-14-24-47-44-20-8-12-27-51(44)58(54(41)47)49-25-10-6-18-42(49)43-19-7-11-26-50(43)58/h1-35H. The van der Waals surface area contributed by atoms with Crippen molar-refractivity contribution in [1.82, 2.24) is 15.0 Å². The summed E-state index contributed by atoms with van der Waals surface area (Å²) in [5.41, 5.74) is 17.5. The minimum atomic E-state index is -0.434. The molecule has 9 aromatic carbocycles. The molecule has 0 fully saturated rings. The van der Waals surface area contributed by atoms with Crippen LogP contribution in [0.4, 0.5) is 0 Å². The number of rotatable bonds is 5. The van der Waals surface area contributed by atoms with Gasteiger partial charge >= 0.3 is 0 Å². The molecule has 2 aromatic heterocycles. The zero-order valence-corrected chi connectivity index (χ0v) is 34.3. The van der Waals surface area contributed by atoms with Crippen molar-refractivity contribution in [3.63, 3.8) is 0 Å². The van der Waals surface area contributed by atoms with Crippen LogP contribution >= 0.6 is 11.3 Å². The van der Waals surface area contributed by atoms with E-state index in [9.17, 15) is 0 Å². The first-order valence-electron chi connectivity index (χ1n) is 21.1. The number of hydrogen-bond donors (Lipinski definition) is 0. The van der Waals surface area contributed by atoms with Crippen molar-refractivity contribution in [2.24, 2.45) is 0 Å². The van der Waals surface area contributed by atoms with Gasteiger partial charge in [0, 0.05) is 36.9 Å². The van der Waals surface area contributed by atoms with Crippen molar-refractivity contribution in [3.8, 4) is 78.7 Å². The predicted octanol–water partition coefficient (Wildman–Crippen LogP) is 14.9. The van der Waals surface area contributed by atoms with Crippen LogP contribution in [0.3, 0.4) is 0 Å². The third-order valence-electron chi connectivity index (χ3n) is 13.0. The molecule has 0 aliphatic heterocycles. The fourth-order valence-corrected chi connectivity index (χ4v) is 11.5. The van der Waals surface area contributed by atoms with Crippen LogP contribution in [0, 0.1) is 0 Å². The maximum Gasteiger partial charge on any atom is 0.164 e. The van der Waals surface area contributed by atoms with Crippen LogP contribution in [-0.4, -0.2) is 15.0 Å². The van der Waals surface area contributed by atoms with E-state index in [1.54, 1.807) is 0 Å². The van der Waals surface area contributed by atoms with Crippen LogP contribution in [-0.2, 0) is 5.41 Å². The molecule has 2 aliphatic carbocycles. The van der Waals surface area contributed by atoms with E-state index in [1.807, 2.05) is 29.5 Å². The van der Waals surface area contributed by atoms with Gasteiger partial charge in [-0.05, 0) is 78.9 Å². The van der Waals surface area contributed by atoms with Gasteiger partial charge in [0.05, 0.1) is 5.41 Å². The molecule has 3 nitrogen and oxygen atoms in total. The second-order valence-electron chi connectivity index (χ2n) is 16.2. The fraction of sp³-hybridized carbons (Fsp3) is 0.0172. The number of benzene rings is 9. The lowest BCUT2D eigenvalue weighted by molar-refractivity contribution is 0.796. The van der Waals surface area contributed by atoms with E-state index < -0.39 is 5.41 Å². The van der Waals surface area contributed by atoms with Crippen molar-refractivity contribution in [2.75, 3.05) is 0 Å².